The maximum absolute atomic E-state index is 5.80. The van der Waals surface area contributed by atoms with Crippen LogP contribution in [0.5, 0.6) is 0 Å². The minimum absolute atomic E-state index is 0. The molecule has 5 radical (unpaired) electrons. The molecule has 0 amide bonds. The van der Waals surface area contributed by atoms with Crippen LogP contribution < -0.4 is 32.2 Å². The van der Waals surface area contributed by atoms with E-state index in [0.717, 1.165) is 0 Å². The van der Waals surface area contributed by atoms with E-state index in [2.05, 4.69) is 301 Å². The van der Waals surface area contributed by atoms with Gasteiger partial charge in [-0.3, -0.25) is 0 Å². The van der Waals surface area contributed by atoms with Crippen LogP contribution in [0.3, 0.4) is 0 Å². The Morgan fingerprint density at radius 3 is 0.595 bits per heavy atom. The van der Waals surface area contributed by atoms with Crippen molar-refractivity contribution in [2.75, 3.05) is 32.7 Å². The molecular formula is C71H85O2PPtSn4+. The van der Waals surface area contributed by atoms with Gasteiger partial charge in [0.1, 0.15) is 0 Å². The third kappa shape index (κ3) is 24.1. The first-order valence-electron chi connectivity index (χ1n) is 27.5. The average Bonchev–Trinajstić information content (AvgIpc) is 3.47. The van der Waals surface area contributed by atoms with E-state index < -0.39 is 81.2 Å². The van der Waals surface area contributed by atoms with Crippen LogP contribution in [0, 0.1) is 62.3 Å². The summed E-state index contributed by atoms with van der Waals surface area (Å²) < 4.78 is 24.9. The summed E-state index contributed by atoms with van der Waals surface area (Å²) in [5, 5.41) is 0. The molecule has 9 aromatic rings. The van der Waals surface area contributed by atoms with Crippen LogP contribution in [0.25, 0.3) is 0 Å². The molecule has 0 fully saturated rings. The van der Waals surface area contributed by atoms with Gasteiger partial charge in [0.25, 0.3) is 0 Å². The molecule has 0 unspecified atom stereocenters. The van der Waals surface area contributed by atoms with Crippen molar-refractivity contribution in [3.05, 3.63) is 268 Å². The van der Waals surface area contributed by atoms with E-state index in [9.17, 15) is 0 Å². The zero-order chi connectivity index (χ0) is 56.4. The molecule has 0 saturated heterocycles. The van der Waals surface area contributed by atoms with Crippen molar-refractivity contribution in [2.24, 2.45) is 0 Å². The van der Waals surface area contributed by atoms with Crippen LogP contribution in [0.1, 0.15) is 70.8 Å². The van der Waals surface area contributed by atoms with Gasteiger partial charge in [-0.05, 0) is 28.7 Å². The standard InChI is InChI=1S/9C7H7.C6H15P.2CH3O.Pt.4Sn/c9*1-7-5-3-2-4-6-7;1-4-7(5-2)6-3;2*1-2;;;;;/h9*3-6H,1H3;4-6H2,1-3H3;2*1H3;;;;;/q;;;;;;;;;;2*-1;;;;2*+1/p+1. The van der Waals surface area contributed by atoms with Crippen molar-refractivity contribution in [3.8, 4) is 0 Å². The fraction of sp³-hybridized carbons (Fsp3) is 0.239. The van der Waals surface area contributed by atoms with E-state index in [-0.39, 0.29) is 29.0 Å². The summed E-state index contributed by atoms with van der Waals surface area (Å²) in [7, 11) is 3.82. The van der Waals surface area contributed by atoms with E-state index in [1.54, 1.807) is 17.9 Å². The van der Waals surface area contributed by atoms with Crippen molar-refractivity contribution < 1.29 is 27.2 Å². The second-order valence-corrected chi connectivity index (χ2v) is 47.6. The first-order chi connectivity index (χ1) is 37.6. The summed E-state index contributed by atoms with van der Waals surface area (Å²) in [5.41, 5.74) is 11.9. The number of rotatable bonds is 14. The Balaban J connectivity index is 0.000000219. The van der Waals surface area contributed by atoms with Crippen molar-refractivity contribution in [1.29, 1.82) is 0 Å². The number of hydrogen-bond acceptors (Lipinski definition) is 2. The van der Waals surface area contributed by atoms with E-state index in [0.29, 0.717) is 0 Å². The Morgan fingerprint density at radius 1 is 0.278 bits per heavy atom. The van der Waals surface area contributed by atoms with Gasteiger partial charge in [-0.1, -0.05) is 0 Å². The van der Waals surface area contributed by atoms with Crippen molar-refractivity contribution in [2.45, 2.75) is 83.1 Å². The summed E-state index contributed by atoms with van der Waals surface area (Å²) in [5.74, 6) is 0. The largest absolute Gasteiger partial charge is 0 e. The molecule has 0 N–H and O–H groups in total. The SMILES string of the molecule is CC[PH+](CC)CC.C[O][Sn]([c]1ccc(C)cc1)[c]1ccc(C)cc1.C[O][Sn]([c]1ccc(C)cc1)[c]1ccc(C)cc1.Cc1cc[c]([Sn]([c]2ccc(C)cc2)[c]2ccc(C)cc2)cc1.Cc1cc[c]([Sn][c]2ccc(C)cc2)cc1.[Pt]. The van der Waals surface area contributed by atoms with Crippen LogP contribution in [0.4, 0.5) is 0 Å². The summed E-state index contributed by atoms with van der Waals surface area (Å²) in [6, 6.07) is 80.6. The van der Waals surface area contributed by atoms with Crippen molar-refractivity contribution in [1.82, 2.24) is 0 Å². The van der Waals surface area contributed by atoms with Gasteiger partial charge in [-0.15, -0.1) is 0 Å². The maximum atomic E-state index is 5.80. The van der Waals surface area contributed by atoms with Gasteiger partial charge in [0.2, 0.25) is 0 Å². The zero-order valence-corrected chi connectivity index (χ0v) is 64.2. The van der Waals surface area contributed by atoms with E-state index >= 15 is 0 Å². The second kappa shape index (κ2) is 37.4. The summed E-state index contributed by atoms with van der Waals surface area (Å²) in [6.45, 7) is 26.1. The monoisotopic (exact) mass is 1680 g/mol. The van der Waals surface area contributed by atoms with Crippen LogP contribution in [0.15, 0.2) is 218 Å². The molecule has 0 aromatic heterocycles. The summed E-state index contributed by atoms with van der Waals surface area (Å²) in [6.07, 6.45) is 4.37. The van der Waals surface area contributed by atoms with Crippen molar-refractivity contribution in [3.63, 3.8) is 0 Å². The van der Waals surface area contributed by atoms with E-state index in [1.165, 1.54) is 82.9 Å². The number of hydrogen-bond donors (Lipinski definition) is 0. The van der Waals surface area contributed by atoms with Crippen molar-refractivity contribution >= 4 is 121 Å². The Hall–Kier alpha value is -2.79. The molecule has 8 heteroatoms. The fourth-order valence-corrected chi connectivity index (χ4v) is 29.9. The normalized spacial score (nSPS) is 10.6. The van der Waals surface area contributed by atoms with Gasteiger partial charge in [-0.2, -0.15) is 0 Å². The maximum Gasteiger partial charge on any atom is 0 e. The quantitative estimate of drug-likeness (QED) is 0.0798. The van der Waals surface area contributed by atoms with E-state index in [4.69, 9.17) is 6.15 Å². The molecule has 0 spiro atoms. The molecular weight excluding hydrogens is 1590 g/mol. The molecule has 0 bridgehead atoms. The van der Waals surface area contributed by atoms with Crippen LogP contribution in [0.2, 0.25) is 0 Å². The minimum Gasteiger partial charge on any atom is 0 e. The molecule has 9 rings (SSSR count). The molecule has 2 nitrogen and oxygen atoms in total. The Labute approximate surface area is 526 Å². The van der Waals surface area contributed by atoms with Gasteiger partial charge in [0.15, 0.2) is 0 Å². The third-order valence-electron chi connectivity index (χ3n) is 13.6. The molecule has 411 valence electrons. The van der Waals surface area contributed by atoms with Crippen LogP contribution in [-0.2, 0) is 27.2 Å². The van der Waals surface area contributed by atoms with Gasteiger partial charge in [-0.25, -0.2) is 0 Å². The molecule has 0 aliphatic rings. The predicted molar refractivity (Wildman–Crippen MR) is 354 cm³/mol. The van der Waals surface area contributed by atoms with Crippen LogP contribution >= 0.6 is 7.92 Å². The zero-order valence-electron chi connectivity index (χ0n) is 49.5. The van der Waals surface area contributed by atoms with Gasteiger partial charge >= 0.3 is 465 Å². The first-order valence-corrected chi connectivity index (χ1v) is 44.8. The minimum atomic E-state index is -2.09. The number of benzene rings is 9. The Bertz CT molecular complexity index is 2710. The predicted octanol–water partition coefficient (Wildman–Crippen LogP) is 11.5. The molecule has 79 heavy (non-hydrogen) atoms. The smallest absolute Gasteiger partial charge is 0 e. The summed E-state index contributed by atoms with van der Waals surface area (Å²) in [4.78, 5) is 0. The number of aryl methyl sites for hydroxylation is 9. The fourth-order valence-electron chi connectivity index (χ4n) is 8.48. The molecule has 0 aliphatic heterocycles. The summed E-state index contributed by atoms with van der Waals surface area (Å²) >= 11 is -6.80. The van der Waals surface area contributed by atoms with Crippen LogP contribution in [-0.4, -0.2) is 114 Å². The Morgan fingerprint density at radius 2 is 0.443 bits per heavy atom. The Kier molecular flexibility index (Phi) is 32.5. The molecule has 0 aliphatic carbocycles. The molecule has 0 heterocycles. The average molecular weight is 1670 g/mol. The first kappa shape index (κ1) is 68.7. The van der Waals surface area contributed by atoms with E-state index in [1.807, 2.05) is 14.2 Å². The second-order valence-electron chi connectivity index (χ2n) is 20.2. The molecule has 0 saturated carbocycles. The topological polar surface area (TPSA) is 18.5 Å². The van der Waals surface area contributed by atoms with Gasteiger partial charge in [0.05, 0.1) is 18.5 Å². The molecule has 0 atom stereocenters. The van der Waals surface area contributed by atoms with Gasteiger partial charge in [0, 0.05) is 21.1 Å². The molecule has 9 aromatic carbocycles. The van der Waals surface area contributed by atoms with Gasteiger partial charge < -0.3 is 0 Å². The third-order valence-corrected chi connectivity index (χ3v) is 40.0.